The summed E-state index contributed by atoms with van der Waals surface area (Å²) in [4.78, 5) is 12.2. The summed E-state index contributed by atoms with van der Waals surface area (Å²) < 4.78 is 11.7. The van der Waals surface area contributed by atoms with Gasteiger partial charge in [-0.25, -0.2) is 0 Å². The van der Waals surface area contributed by atoms with E-state index in [1.165, 1.54) is 0 Å². The van der Waals surface area contributed by atoms with Gasteiger partial charge in [0, 0.05) is 11.3 Å². The molecule has 0 fully saturated rings. The van der Waals surface area contributed by atoms with Crippen molar-refractivity contribution < 1.29 is 14.3 Å². The fourth-order valence-corrected chi connectivity index (χ4v) is 3.02. The second-order valence-electron chi connectivity index (χ2n) is 7.05. The number of amides is 1. The van der Waals surface area contributed by atoms with Crippen LogP contribution in [0.2, 0.25) is 0 Å². The molecule has 1 amide bonds. The van der Waals surface area contributed by atoms with Crippen LogP contribution in [0, 0.1) is 0 Å². The molecule has 0 aromatic heterocycles. The maximum absolute atomic E-state index is 12.2. The van der Waals surface area contributed by atoms with Crippen molar-refractivity contribution >= 4 is 11.6 Å². The van der Waals surface area contributed by atoms with Gasteiger partial charge in [0.2, 0.25) is 0 Å². The van der Waals surface area contributed by atoms with E-state index in [9.17, 15) is 4.79 Å². The normalized spacial score (nSPS) is 10.3. The van der Waals surface area contributed by atoms with Crippen molar-refractivity contribution in [3.8, 4) is 11.5 Å². The molecule has 0 unspecified atom stereocenters. The van der Waals surface area contributed by atoms with Crippen molar-refractivity contribution in [3.05, 3.63) is 126 Å². The molecule has 4 aromatic rings. The van der Waals surface area contributed by atoms with Gasteiger partial charge in [-0.3, -0.25) is 4.79 Å². The first-order valence-electron chi connectivity index (χ1n) is 10.1. The quantitative estimate of drug-likeness (QED) is 0.383. The fourth-order valence-electron chi connectivity index (χ4n) is 3.02. The molecular weight excluding hydrogens is 386 g/mol. The minimum atomic E-state index is -0.126. The highest BCUT2D eigenvalue weighted by molar-refractivity contribution is 6.04. The van der Waals surface area contributed by atoms with E-state index in [1.807, 2.05) is 97.1 Å². The molecule has 0 saturated carbocycles. The third kappa shape index (κ3) is 5.97. The lowest BCUT2D eigenvalue weighted by Gasteiger charge is -2.10. The minimum absolute atomic E-state index is 0.126. The van der Waals surface area contributed by atoms with E-state index in [0.717, 1.165) is 28.3 Å². The Kier molecular flexibility index (Phi) is 6.61. The van der Waals surface area contributed by atoms with Crippen molar-refractivity contribution in [3.63, 3.8) is 0 Å². The average molecular weight is 409 g/mol. The summed E-state index contributed by atoms with van der Waals surface area (Å²) in [7, 11) is 0. The van der Waals surface area contributed by atoms with Crippen LogP contribution in [-0.2, 0) is 13.2 Å². The van der Waals surface area contributed by atoms with Crippen LogP contribution in [0.3, 0.4) is 0 Å². The van der Waals surface area contributed by atoms with Gasteiger partial charge in [-0.15, -0.1) is 0 Å². The number of ether oxygens (including phenoxy) is 2. The van der Waals surface area contributed by atoms with Gasteiger partial charge in [0.1, 0.15) is 24.7 Å². The van der Waals surface area contributed by atoms with Crippen LogP contribution in [0.15, 0.2) is 109 Å². The van der Waals surface area contributed by atoms with Gasteiger partial charge >= 0.3 is 0 Å². The predicted molar refractivity (Wildman–Crippen MR) is 122 cm³/mol. The van der Waals surface area contributed by atoms with Crippen molar-refractivity contribution in [1.29, 1.82) is 0 Å². The number of benzene rings is 4. The smallest absolute Gasteiger partial charge is 0.255 e. The maximum atomic E-state index is 12.2. The first-order chi connectivity index (χ1) is 15.3. The summed E-state index contributed by atoms with van der Waals surface area (Å²) in [5.74, 6) is 1.45. The molecule has 0 atom stereocenters. The van der Waals surface area contributed by atoms with E-state index in [4.69, 9.17) is 9.47 Å². The minimum Gasteiger partial charge on any atom is -0.489 e. The molecule has 4 rings (SSSR count). The molecule has 0 heterocycles. The van der Waals surface area contributed by atoms with E-state index in [0.29, 0.717) is 18.8 Å². The largest absolute Gasteiger partial charge is 0.489 e. The molecule has 4 nitrogen and oxygen atoms in total. The van der Waals surface area contributed by atoms with Gasteiger partial charge < -0.3 is 14.8 Å². The summed E-state index contributed by atoms with van der Waals surface area (Å²) in [5.41, 5.74) is 3.52. The lowest BCUT2D eigenvalue weighted by molar-refractivity contribution is 0.102. The van der Waals surface area contributed by atoms with Gasteiger partial charge in [0.15, 0.2) is 0 Å². The monoisotopic (exact) mass is 409 g/mol. The third-order valence-electron chi connectivity index (χ3n) is 4.73. The molecule has 0 bridgehead atoms. The standard InChI is InChI=1S/C27H23NO3/c29-27(23-9-5-2-6-10-23)28-24-13-11-22(12-14-24)20-31-26-17-15-25(16-18-26)30-19-21-7-3-1-4-8-21/h1-18H,19-20H2,(H,28,29). The van der Waals surface area contributed by atoms with Crippen molar-refractivity contribution in [2.75, 3.05) is 5.32 Å². The highest BCUT2D eigenvalue weighted by Crippen LogP contribution is 2.20. The first kappa shape index (κ1) is 20.2. The van der Waals surface area contributed by atoms with Crippen LogP contribution in [0.25, 0.3) is 0 Å². The van der Waals surface area contributed by atoms with Gasteiger partial charge in [-0.1, -0.05) is 60.7 Å². The van der Waals surface area contributed by atoms with Crippen molar-refractivity contribution in [2.24, 2.45) is 0 Å². The molecule has 0 aliphatic heterocycles. The fraction of sp³-hybridized carbons (Fsp3) is 0.0741. The molecule has 0 aliphatic carbocycles. The van der Waals surface area contributed by atoms with Crippen LogP contribution in [-0.4, -0.2) is 5.91 Å². The average Bonchev–Trinajstić information content (AvgIpc) is 2.84. The molecule has 4 aromatic carbocycles. The second-order valence-corrected chi connectivity index (χ2v) is 7.05. The Morgan fingerprint density at radius 3 is 1.61 bits per heavy atom. The van der Waals surface area contributed by atoms with Crippen LogP contribution in [0.5, 0.6) is 11.5 Å². The maximum Gasteiger partial charge on any atom is 0.255 e. The van der Waals surface area contributed by atoms with Crippen LogP contribution >= 0.6 is 0 Å². The number of hydrogen-bond donors (Lipinski definition) is 1. The summed E-state index contributed by atoms with van der Waals surface area (Å²) in [6.45, 7) is 0.978. The summed E-state index contributed by atoms with van der Waals surface area (Å²) in [6.07, 6.45) is 0. The highest BCUT2D eigenvalue weighted by Gasteiger charge is 2.05. The molecule has 0 spiro atoms. The molecule has 0 aliphatic rings. The van der Waals surface area contributed by atoms with Gasteiger partial charge in [0.05, 0.1) is 0 Å². The van der Waals surface area contributed by atoms with E-state index >= 15 is 0 Å². The van der Waals surface area contributed by atoms with Crippen molar-refractivity contribution in [1.82, 2.24) is 0 Å². The molecule has 154 valence electrons. The number of carbonyl (C=O) groups excluding carboxylic acids is 1. The SMILES string of the molecule is O=C(Nc1ccc(COc2ccc(OCc3ccccc3)cc2)cc1)c1ccccc1. The lowest BCUT2D eigenvalue weighted by atomic mass is 10.2. The molecule has 0 radical (unpaired) electrons. The van der Waals surface area contributed by atoms with Crippen LogP contribution < -0.4 is 14.8 Å². The Morgan fingerprint density at radius 1 is 0.581 bits per heavy atom. The summed E-state index contributed by atoms with van der Waals surface area (Å²) in [5, 5.41) is 2.90. The number of rotatable bonds is 8. The molecule has 0 saturated heterocycles. The molecule has 1 N–H and O–H groups in total. The second kappa shape index (κ2) is 10.1. The molecule has 4 heteroatoms. The van der Waals surface area contributed by atoms with Gasteiger partial charge in [0.25, 0.3) is 5.91 Å². The Labute approximate surface area is 182 Å². The van der Waals surface area contributed by atoms with E-state index in [-0.39, 0.29) is 5.91 Å². The Morgan fingerprint density at radius 2 is 1.06 bits per heavy atom. The predicted octanol–water partition coefficient (Wildman–Crippen LogP) is 6.10. The Hall–Kier alpha value is -4.05. The lowest BCUT2D eigenvalue weighted by Crippen LogP contribution is -2.11. The Bertz CT molecular complexity index is 1090. The van der Waals surface area contributed by atoms with E-state index in [1.54, 1.807) is 12.1 Å². The zero-order chi connectivity index (χ0) is 21.3. The number of hydrogen-bond acceptors (Lipinski definition) is 3. The number of anilines is 1. The molecule has 31 heavy (non-hydrogen) atoms. The highest BCUT2D eigenvalue weighted by atomic mass is 16.5. The third-order valence-corrected chi connectivity index (χ3v) is 4.73. The topological polar surface area (TPSA) is 47.6 Å². The zero-order valence-corrected chi connectivity index (χ0v) is 17.0. The summed E-state index contributed by atoms with van der Waals surface area (Å²) >= 11 is 0. The summed E-state index contributed by atoms with van der Waals surface area (Å²) in [6, 6.07) is 34.4. The first-order valence-corrected chi connectivity index (χ1v) is 10.1. The Balaban J connectivity index is 1.25. The van der Waals surface area contributed by atoms with Gasteiger partial charge in [-0.05, 0) is 59.7 Å². The zero-order valence-electron chi connectivity index (χ0n) is 17.0. The van der Waals surface area contributed by atoms with E-state index in [2.05, 4.69) is 5.32 Å². The number of carbonyl (C=O) groups is 1. The van der Waals surface area contributed by atoms with Crippen LogP contribution in [0.4, 0.5) is 5.69 Å². The number of nitrogens with one attached hydrogen (secondary N) is 1. The van der Waals surface area contributed by atoms with Gasteiger partial charge in [-0.2, -0.15) is 0 Å². The van der Waals surface area contributed by atoms with Crippen LogP contribution in [0.1, 0.15) is 21.5 Å². The van der Waals surface area contributed by atoms with E-state index < -0.39 is 0 Å². The molecular formula is C27H23NO3. The van der Waals surface area contributed by atoms with Crippen molar-refractivity contribution in [2.45, 2.75) is 13.2 Å².